The van der Waals surface area contributed by atoms with Crippen LogP contribution >= 0.6 is 15.9 Å². The summed E-state index contributed by atoms with van der Waals surface area (Å²) in [5, 5.41) is 14.7. The van der Waals surface area contributed by atoms with E-state index in [1.807, 2.05) is 24.3 Å². The maximum Gasteiger partial charge on any atom is 0.276 e. The summed E-state index contributed by atoms with van der Waals surface area (Å²) in [6, 6.07) is 9.26. The number of nitrogens with one attached hydrogen (secondary N) is 1. The number of nitrogens with zero attached hydrogens (tertiary/aromatic N) is 5. The molecule has 1 N–H and O–H groups in total. The molecule has 0 radical (unpaired) electrons. The van der Waals surface area contributed by atoms with Gasteiger partial charge in [-0.15, -0.1) is 5.10 Å². The van der Waals surface area contributed by atoms with Crippen molar-refractivity contribution in [3.63, 3.8) is 0 Å². The third kappa shape index (κ3) is 4.21. The lowest BCUT2D eigenvalue weighted by molar-refractivity contribution is -0.116. The molecule has 9 nitrogen and oxygen atoms in total. The molecule has 0 bridgehead atoms. The molecule has 0 spiro atoms. The van der Waals surface area contributed by atoms with Gasteiger partial charge in [-0.25, -0.2) is 4.68 Å². The van der Waals surface area contributed by atoms with Gasteiger partial charge in [0.1, 0.15) is 5.76 Å². The molecule has 3 aromatic rings. The standard InChI is InChI=1S/C19H19BrN6O3/c1-11-9-15(23-29-11)21-16(27)10-25(2)19(28)17-18(12-3-4-12)26(24-22-17)14-7-5-13(20)6-8-14/h5-9,12H,3-4,10H2,1-2H3,(H,21,23,27). The zero-order valence-electron chi connectivity index (χ0n) is 15.9. The summed E-state index contributed by atoms with van der Waals surface area (Å²) in [4.78, 5) is 26.5. The van der Waals surface area contributed by atoms with E-state index < -0.39 is 0 Å². The van der Waals surface area contributed by atoms with Gasteiger partial charge in [0.2, 0.25) is 5.91 Å². The van der Waals surface area contributed by atoms with Gasteiger partial charge in [-0.05, 0) is 44.0 Å². The van der Waals surface area contributed by atoms with Gasteiger partial charge in [0, 0.05) is 23.5 Å². The first-order chi connectivity index (χ1) is 13.9. The third-order valence-corrected chi connectivity index (χ3v) is 5.09. The van der Waals surface area contributed by atoms with Crippen LogP contribution < -0.4 is 5.32 Å². The fraction of sp³-hybridized carbons (Fsp3) is 0.316. The Labute approximate surface area is 175 Å². The summed E-state index contributed by atoms with van der Waals surface area (Å²) < 4.78 is 7.59. The van der Waals surface area contributed by atoms with Crippen LogP contribution in [0.3, 0.4) is 0 Å². The maximum absolute atomic E-state index is 13.0. The molecule has 0 atom stereocenters. The minimum Gasteiger partial charge on any atom is -0.360 e. The van der Waals surface area contributed by atoms with Crippen molar-refractivity contribution in [1.29, 1.82) is 0 Å². The first-order valence-electron chi connectivity index (χ1n) is 9.12. The second-order valence-corrected chi connectivity index (χ2v) is 7.93. The highest BCUT2D eigenvalue weighted by Gasteiger charge is 2.35. The van der Waals surface area contributed by atoms with Crippen LogP contribution in [-0.4, -0.2) is 50.5 Å². The first kappa shape index (κ1) is 19.3. The number of anilines is 1. The second kappa shape index (κ2) is 7.78. The molecular formula is C19H19BrN6O3. The van der Waals surface area contributed by atoms with E-state index in [0.717, 1.165) is 28.7 Å². The van der Waals surface area contributed by atoms with Crippen LogP contribution in [0.5, 0.6) is 0 Å². The molecule has 4 rings (SSSR count). The quantitative estimate of drug-likeness (QED) is 0.608. The third-order valence-electron chi connectivity index (χ3n) is 4.57. The molecule has 0 saturated heterocycles. The lowest BCUT2D eigenvalue weighted by Gasteiger charge is -2.16. The number of aromatic nitrogens is 4. The Balaban J connectivity index is 1.52. The van der Waals surface area contributed by atoms with Crippen molar-refractivity contribution in [2.75, 3.05) is 18.9 Å². The van der Waals surface area contributed by atoms with Crippen LogP contribution in [0.4, 0.5) is 5.82 Å². The van der Waals surface area contributed by atoms with Gasteiger partial charge in [0.25, 0.3) is 5.91 Å². The summed E-state index contributed by atoms with van der Waals surface area (Å²) in [7, 11) is 1.56. The predicted molar refractivity (Wildman–Crippen MR) is 108 cm³/mol. The monoisotopic (exact) mass is 458 g/mol. The lowest BCUT2D eigenvalue weighted by Crippen LogP contribution is -2.35. The molecule has 29 heavy (non-hydrogen) atoms. The fourth-order valence-electron chi connectivity index (χ4n) is 3.01. The molecule has 1 aromatic carbocycles. The zero-order valence-corrected chi connectivity index (χ0v) is 17.5. The fourth-order valence-corrected chi connectivity index (χ4v) is 3.28. The minimum absolute atomic E-state index is 0.139. The van der Waals surface area contributed by atoms with Crippen molar-refractivity contribution in [3.05, 3.63) is 52.0 Å². The van der Waals surface area contributed by atoms with E-state index in [9.17, 15) is 9.59 Å². The van der Waals surface area contributed by atoms with Crippen LogP contribution in [0.25, 0.3) is 5.69 Å². The van der Waals surface area contributed by atoms with Crippen LogP contribution in [0, 0.1) is 6.92 Å². The Kier molecular flexibility index (Phi) is 5.18. The summed E-state index contributed by atoms with van der Waals surface area (Å²) in [6.45, 7) is 1.59. The molecular weight excluding hydrogens is 440 g/mol. The summed E-state index contributed by atoms with van der Waals surface area (Å²) in [5.41, 5.74) is 1.91. The molecule has 1 saturated carbocycles. The molecule has 1 fully saturated rings. The average Bonchev–Trinajstić information content (AvgIpc) is 3.30. The molecule has 0 aliphatic heterocycles. The minimum atomic E-state index is -0.373. The van der Waals surface area contributed by atoms with Crippen molar-refractivity contribution >= 4 is 33.6 Å². The van der Waals surface area contributed by atoms with Crippen LogP contribution in [-0.2, 0) is 4.79 Å². The van der Waals surface area contributed by atoms with Crippen molar-refractivity contribution in [2.24, 2.45) is 0 Å². The number of hydrogen-bond donors (Lipinski definition) is 1. The van der Waals surface area contributed by atoms with Crippen molar-refractivity contribution < 1.29 is 14.1 Å². The van der Waals surface area contributed by atoms with Crippen LogP contribution in [0.15, 0.2) is 39.3 Å². The molecule has 1 aliphatic rings. The normalized spacial score (nSPS) is 13.3. The van der Waals surface area contributed by atoms with Gasteiger partial charge in [-0.3, -0.25) is 9.59 Å². The zero-order chi connectivity index (χ0) is 20.5. The number of benzene rings is 1. The molecule has 1 aliphatic carbocycles. The van der Waals surface area contributed by atoms with Crippen molar-refractivity contribution in [3.8, 4) is 5.69 Å². The smallest absolute Gasteiger partial charge is 0.276 e. The van der Waals surface area contributed by atoms with Crippen LogP contribution in [0.1, 0.15) is 40.7 Å². The number of carbonyl (C=O) groups excluding carboxylic acids is 2. The Morgan fingerprint density at radius 2 is 2.03 bits per heavy atom. The largest absolute Gasteiger partial charge is 0.360 e. The highest BCUT2D eigenvalue weighted by Crippen LogP contribution is 2.42. The molecule has 0 unspecified atom stereocenters. The van der Waals surface area contributed by atoms with Crippen LogP contribution in [0.2, 0.25) is 0 Å². The number of amides is 2. The maximum atomic E-state index is 13.0. The van der Waals surface area contributed by atoms with E-state index >= 15 is 0 Å². The van der Waals surface area contributed by atoms with Gasteiger partial charge in [-0.2, -0.15) is 0 Å². The predicted octanol–water partition coefficient (Wildman–Crippen LogP) is 2.91. The van der Waals surface area contributed by atoms with E-state index in [0.29, 0.717) is 11.6 Å². The molecule has 2 aromatic heterocycles. The van der Waals surface area contributed by atoms with Gasteiger partial charge in [-0.1, -0.05) is 26.3 Å². The van der Waals surface area contributed by atoms with Gasteiger partial charge in [0.05, 0.1) is 17.9 Å². The summed E-state index contributed by atoms with van der Waals surface area (Å²) in [6.07, 6.45) is 1.97. The van der Waals surface area contributed by atoms with Gasteiger partial charge >= 0.3 is 0 Å². The molecule has 10 heteroatoms. The Hall–Kier alpha value is -3.01. The average molecular weight is 459 g/mol. The topological polar surface area (TPSA) is 106 Å². The molecule has 150 valence electrons. The molecule has 2 heterocycles. The Bertz CT molecular complexity index is 1050. The van der Waals surface area contributed by atoms with E-state index in [4.69, 9.17) is 4.52 Å². The van der Waals surface area contributed by atoms with E-state index in [1.54, 1.807) is 24.7 Å². The number of aryl methyl sites for hydroxylation is 1. The Morgan fingerprint density at radius 1 is 1.31 bits per heavy atom. The SMILES string of the molecule is Cc1cc(NC(=O)CN(C)C(=O)c2nnn(-c3ccc(Br)cc3)c2C2CC2)no1. The highest BCUT2D eigenvalue weighted by atomic mass is 79.9. The summed E-state index contributed by atoms with van der Waals surface area (Å²) in [5.74, 6) is 0.425. The number of halogens is 1. The number of carbonyl (C=O) groups is 2. The summed E-state index contributed by atoms with van der Waals surface area (Å²) >= 11 is 3.42. The van der Waals surface area contributed by atoms with E-state index in [1.165, 1.54) is 4.90 Å². The number of hydrogen-bond acceptors (Lipinski definition) is 6. The first-order valence-corrected chi connectivity index (χ1v) is 9.92. The van der Waals surface area contributed by atoms with E-state index in [2.05, 4.69) is 36.7 Å². The molecule has 2 amide bonds. The Morgan fingerprint density at radius 3 is 2.66 bits per heavy atom. The second-order valence-electron chi connectivity index (χ2n) is 7.02. The number of rotatable bonds is 6. The van der Waals surface area contributed by atoms with Crippen molar-refractivity contribution in [1.82, 2.24) is 25.1 Å². The highest BCUT2D eigenvalue weighted by molar-refractivity contribution is 9.10. The van der Waals surface area contributed by atoms with Crippen molar-refractivity contribution in [2.45, 2.75) is 25.7 Å². The van der Waals surface area contributed by atoms with E-state index in [-0.39, 0.29) is 30.0 Å². The lowest BCUT2D eigenvalue weighted by atomic mass is 10.2. The van der Waals surface area contributed by atoms with Gasteiger partial charge in [0.15, 0.2) is 11.5 Å². The number of likely N-dealkylation sites (N-methyl/N-ethyl adjacent to an activating group) is 1. The van der Waals surface area contributed by atoms with Gasteiger partial charge < -0.3 is 14.7 Å².